The minimum Gasteiger partial charge on any atom is -0.417 e. The first kappa shape index (κ1) is 14.9. The Morgan fingerprint density at radius 3 is 2.35 bits per heavy atom. The van der Waals surface area contributed by atoms with E-state index in [1.807, 2.05) is 0 Å². The summed E-state index contributed by atoms with van der Waals surface area (Å²) in [5, 5.41) is 9.53. The Morgan fingerprint density at radius 2 is 1.88 bits per heavy atom. The molecular formula is C14H28O2Si. The van der Waals surface area contributed by atoms with Crippen LogP contribution in [0, 0.1) is 17.3 Å². The normalized spacial score (nSPS) is 27.5. The molecule has 0 aliphatic heterocycles. The van der Waals surface area contributed by atoms with Gasteiger partial charge >= 0.3 is 0 Å². The van der Waals surface area contributed by atoms with E-state index in [0.717, 1.165) is 12.8 Å². The Balaban J connectivity index is 2.84. The molecule has 1 N–H and O–H groups in total. The van der Waals surface area contributed by atoms with E-state index < -0.39 is 9.04 Å². The number of aliphatic hydroxyl groups excluding tert-OH is 1. The maximum atomic E-state index is 9.53. The summed E-state index contributed by atoms with van der Waals surface area (Å²) in [6, 6.07) is 0. The molecule has 0 saturated heterocycles. The fraction of sp³-hybridized carbons (Fsp3) is 0.857. The van der Waals surface area contributed by atoms with Crippen molar-refractivity contribution in [3.63, 3.8) is 0 Å². The second-order valence-corrected chi connectivity index (χ2v) is 8.89. The first-order chi connectivity index (χ1) is 7.86. The van der Waals surface area contributed by atoms with Gasteiger partial charge in [0.2, 0.25) is 0 Å². The number of hydrogen-bond donors (Lipinski definition) is 1. The topological polar surface area (TPSA) is 29.5 Å². The predicted molar refractivity (Wildman–Crippen MR) is 75.6 cm³/mol. The first-order valence-electron chi connectivity index (χ1n) is 6.77. The molecule has 3 atom stereocenters. The van der Waals surface area contributed by atoms with Gasteiger partial charge in [-0.2, -0.15) is 0 Å². The van der Waals surface area contributed by atoms with Crippen LogP contribution in [0.3, 0.4) is 0 Å². The van der Waals surface area contributed by atoms with Crippen LogP contribution in [0.5, 0.6) is 0 Å². The monoisotopic (exact) mass is 256 g/mol. The lowest BCUT2D eigenvalue weighted by Crippen LogP contribution is -2.43. The van der Waals surface area contributed by atoms with Crippen molar-refractivity contribution >= 4 is 9.04 Å². The highest BCUT2D eigenvalue weighted by Gasteiger charge is 2.37. The third-order valence-corrected chi connectivity index (χ3v) is 4.35. The van der Waals surface area contributed by atoms with Gasteiger partial charge in [-0.25, -0.2) is 0 Å². The summed E-state index contributed by atoms with van der Waals surface area (Å²) in [6.07, 6.45) is 6.77. The van der Waals surface area contributed by atoms with E-state index >= 15 is 0 Å². The second kappa shape index (κ2) is 6.16. The van der Waals surface area contributed by atoms with Gasteiger partial charge in [0.25, 0.3) is 0 Å². The summed E-state index contributed by atoms with van der Waals surface area (Å²) >= 11 is 0. The van der Waals surface area contributed by atoms with Crippen LogP contribution in [0.1, 0.15) is 33.6 Å². The zero-order valence-corrected chi connectivity index (χ0v) is 13.1. The quantitative estimate of drug-likeness (QED) is 0.619. The third kappa shape index (κ3) is 4.23. The molecule has 0 spiro atoms. The zero-order valence-electron chi connectivity index (χ0n) is 11.9. The van der Waals surface area contributed by atoms with Crippen LogP contribution in [0.4, 0.5) is 0 Å². The lowest BCUT2D eigenvalue weighted by Gasteiger charge is -2.42. The Bertz CT molecular complexity index is 255. The van der Waals surface area contributed by atoms with Gasteiger partial charge in [-0.1, -0.05) is 32.9 Å². The molecule has 1 aliphatic rings. The van der Waals surface area contributed by atoms with Gasteiger partial charge in [0.1, 0.15) is 0 Å². The van der Waals surface area contributed by atoms with Gasteiger partial charge in [0.05, 0.1) is 6.10 Å². The average Bonchev–Trinajstić information content (AvgIpc) is 2.24. The molecular weight excluding hydrogens is 228 g/mol. The van der Waals surface area contributed by atoms with Crippen molar-refractivity contribution in [3.05, 3.63) is 12.2 Å². The molecule has 0 fully saturated rings. The molecule has 0 bridgehead atoms. The molecule has 0 aromatic heterocycles. The summed E-state index contributed by atoms with van der Waals surface area (Å²) in [7, 11) is -1.04. The highest BCUT2D eigenvalue weighted by Crippen LogP contribution is 2.38. The molecule has 100 valence electrons. The van der Waals surface area contributed by atoms with Gasteiger partial charge in [-0.05, 0) is 43.2 Å². The van der Waals surface area contributed by atoms with Crippen LogP contribution in [0.25, 0.3) is 0 Å². The number of hydrogen-bond acceptors (Lipinski definition) is 2. The van der Waals surface area contributed by atoms with Gasteiger partial charge in [0.15, 0.2) is 9.04 Å². The van der Waals surface area contributed by atoms with Crippen LogP contribution in [-0.4, -0.2) is 26.9 Å². The van der Waals surface area contributed by atoms with Crippen molar-refractivity contribution in [3.8, 4) is 0 Å². The highest BCUT2D eigenvalue weighted by molar-refractivity contribution is 6.48. The molecule has 1 aliphatic carbocycles. The fourth-order valence-corrected chi connectivity index (χ4v) is 3.91. The van der Waals surface area contributed by atoms with Crippen molar-refractivity contribution in [2.24, 2.45) is 17.3 Å². The van der Waals surface area contributed by atoms with Crippen LogP contribution in [0.2, 0.25) is 13.1 Å². The van der Waals surface area contributed by atoms with E-state index in [1.165, 1.54) is 0 Å². The molecule has 1 unspecified atom stereocenters. The Kier molecular flexibility index (Phi) is 5.42. The van der Waals surface area contributed by atoms with E-state index in [-0.39, 0.29) is 18.1 Å². The number of rotatable bonds is 4. The van der Waals surface area contributed by atoms with Crippen LogP contribution < -0.4 is 0 Å². The van der Waals surface area contributed by atoms with E-state index in [2.05, 4.69) is 46.0 Å². The van der Waals surface area contributed by atoms with Crippen LogP contribution in [-0.2, 0) is 4.43 Å². The summed E-state index contributed by atoms with van der Waals surface area (Å²) in [6.45, 7) is 11.5. The second-order valence-electron chi connectivity index (χ2n) is 6.52. The molecule has 0 heterocycles. The molecule has 3 heteroatoms. The fourth-order valence-electron chi connectivity index (χ4n) is 2.71. The SMILES string of the molecule is C[SiH](C)OC([C@@H]1CC=CC[C@H]1CO)C(C)(C)C. The maximum Gasteiger partial charge on any atom is 0.171 e. The van der Waals surface area contributed by atoms with E-state index in [9.17, 15) is 5.11 Å². The zero-order chi connectivity index (χ0) is 13.1. The van der Waals surface area contributed by atoms with Gasteiger partial charge in [0, 0.05) is 6.61 Å². The molecule has 0 amide bonds. The molecule has 17 heavy (non-hydrogen) atoms. The number of aliphatic hydroxyl groups is 1. The highest BCUT2D eigenvalue weighted by atomic mass is 28.3. The Labute approximate surface area is 108 Å². The van der Waals surface area contributed by atoms with Crippen molar-refractivity contribution in [2.45, 2.75) is 52.8 Å². The van der Waals surface area contributed by atoms with Crippen LogP contribution in [0.15, 0.2) is 12.2 Å². The number of allylic oxidation sites excluding steroid dienone is 2. The van der Waals surface area contributed by atoms with Gasteiger partial charge < -0.3 is 9.53 Å². The molecule has 0 aromatic carbocycles. The van der Waals surface area contributed by atoms with E-state index in [0.29, 0.717) is 11.8 Å². The molecule has 0 saturated carbocycles. The largest absolute Gasteiger partial charge is 0.417 e. The summed E-state index contributed by atoms with van der Waals surface area (Å²) in [4.78, 5) is 0. The van der Waals surface area contributed by atoms with Crippen molar-refractivity contribution in [2.75, 3.05) is 6.61 Å². The smallest absolute Gasteiger partial charge is 0.171 e. The molecule has 0 radical (unpaired) electrons. The summed E-state index contributed by atoms with van der Waals surface area (Å²) in [5.74, 6) is 0.844. The van der Waals surface area contributed by atoms with Crippen molar-refractivity contribution in [1.29, 1.82) is 0 Å². The van der Waals surface area contributed by atoms with Gasteiger partial charge in [-0.15, -0.1) is 0 Å². The third-order valence-electron chi connectivity index (χ3n) is 3.51. The lowest BCUT2D eigenvalue weighted by atomic mass is 9.72. The minimum atomic E-state index is -1.04. The summed E-state index contributed by atoms with van der Waals surface area (Å²) in [5.41, 5.74) is 0.153. The van der Waals surface area contributed by atoms with Crippen molar-refractivity contribution in [1.82, 2.24) is 0 Å². The predicted octanol–water partition coefficient (Wildman–Crippen LogP) is 2.98. The average molecular weight is 256 g/mol. The summed E-state index contributed by atoms with van der Waals surface area (Å²) < 4.78 is 6.28. The van der Waals surface area contributed by atoms with Gasteiger partial charge in [-0.3, -0.25) is 0 Å². The molecule has 2 nitrogen and oxygen atoms in total. The van der Waals surface area contributed by atoms with Crippen molar-refractivity contribution < 1.29 is 9.53 Å². The first-order valence-corrected chi connectivity index (χ1v) is 9.55. The van der Waals surface area contributed by atoms with E-state index in [1.54, 1.807) is 0 Å². The maximum absolute atomic E-state index is 9.53. The minimum absolute atomic E-state index is 0.153. The van der Waals surface area contributed by atoms with E-state index in [4.69, 9.17) is 4.43 Å². The van der Waals surface area contributed by atoms with Crippen LogP contribution >= 0.6 is 0 Å². The molecule has 0 aromatic rings. The Hall–Kier alpha value is -0.123. The standard InChI is InChI=1S/C14H28O2Si/c1-14(2,3)13(16-17(4)5)12-9-7-6-8-11(12)10-15/h6-7,11-13,15,17H,8-10H2,1-5H3/t11-,12+,13?/m0/s1. The molecule has 1 rings (SSSR count). The lowest BCUT2D eigenvalue weighted by molar-refractivity contribution is -0.00599. The Morgan fingerprint density at radius 1 is 1.29 bits per heavy atom.